The van der Waals surface area contributed by atoms with Gasteiger partial charge in [0.15, 0.2) is 0 Å². The van der Waals surface area contributed by atoms with Crippen molar-refractivity contribution in [2.75, 3.05) is 13.1 Å². The number of thioether (sulfide) groups is 1. The average Bonchev–Trinajstić information content (AvgIpc) is 3.01. The third-order valence-corrected chi connectivity index (χ3v) is 5.26. The summed E-state index contributed by atoms with van der Waals surface area (Å²) in [6, 6.07) is 9.29. The highest BCUT2D eigenvalue weighted by Crippen LogP contribution is 2.32. The van der Waals surface area contributed by atoms with Crippen LogP contribution >= 0.6 is 11.8 Å². The van der Waals surface area contributed by atoms with Crippen molar-refractivity contribution in [1.29, 1.82) is 0 Å². The van der Waals surface area contributed by atoms with Crippen LogP contribution in [-0.2, 0) is 11.0 Å². The zero-order chi connectivity index (χ0) is 24.2. The van der Waals surface area contributed by atoms with Crippen molar-refractivity contribution in [1.82, 2.24) is 10.2 Å². The van der Waals surface area contributed by atoms with Gasteiger partial charge in [-0.3, -0.25) is 19.3 Å². The summed E-state index contributed by atoms with van der Waals surface area (Å²) in [5.74, 6) is -1.47. The standard InChI is InChI=1S/C21H15F5N2O4S/c22-19(23)32-15-6-4-12(5-7-15)10-16-18(30)28(20(31)33-16)9-8-27-17(29)13-2-1-3-14(11-13)21(24,25)26/h1-7,10-11,19H,8-9H2,(H,27,29)/b16-10-. The molecule has 1 saturated heterocycles. The van der Waals surface area contributed by atoms with E-state index in [2.05, 4.69) is 10.1 Å². The number of amides is 3. The second-order valence-electron chi connectivity index (χ2n) is 6.62. The fourth-order valence-electron chi connectivity index (χ4n) is 2.81. The zero-order valence-corrected chi connectivity index (χ0v) is 17.4. The van der Waals surface area contributed by atoms with Crippen LogP contribution in [-0.4, -0.2) is 41.7 Å². The molecule has 1 fully saturated rings. The van der Waals surface area contributed by atoms with E-state index in [0.717, 1.165) is 17.0 Å². The number of ether oxygens (including phenoxy) is 1. The molecule has 2 aromatic rings. The molecule has 0 saturated carbocycles. The third-order valence-electron chi connectivity index (χ3n) is 4.35. The molecule has 33 heavy (non-hydrogen) atoms. The first-order valence-corrected chi connectivity index (χ1v) is 10.1. The molecule has 1 aliphatic heterocycles. The van der Waals surface area contributed by atoms with Gasteiger partial charge in [0.05, 0.1) is 10.5 Å². The van der Waals surface area contributed by atoms with Gasteiger partial charge in [0.2, 0.25) is 0 Å². The van der Waals surface area contributed by atoms with Gasteiger partial charge in [0.1, 0.15) is 5.75 Å². The van der Waals surface area contributed by atoms with Crippen LogP contribution in [0.15, 0.2) is 53.4 Å². The number of hydrogen-bond acceptors (Lipinski definition) is 5. The van der Waals surface area contributed by atoms with Crippen LogP contribution < -0.4 is 10.1 Å². The van der Waals surface area contributed by atoms with Crippen molar-refractivity contribution in [3.63, 3.8) is 0 Å². The summed E-state index contributed by atoms with van der Waals surface area (Å²) < 4.78 is 67.0. The number of hydrogen-bond donors (Lipinski definition) is 1. The summed E-state index contributed by atoms with van der Waals surface area (Å²) in [4.78, 5) is 37.7. The first-order valence-electron chi connectivity index (χ1n) is 9.30. The lowest BCUT2D eigenvalue weighted by atomic mass is 10.1. The summed E-state index contributed by atoms with van der Waals surface area (Å²) in [5, 5.41) is 1.79. The van der Waals surface area contributed by atoms with Crippen LogP contribution in [0.1, 0.15) is 21.5 Å². The van der Waals surface area contributed by atoms with E-state index in [1.165, 1.54) is 36.4 Å². The van der Waals surface area contributed by atoms with Gasteiger partial charge in [0.25, 0.3) is 17.1 Å². The Morgan fingerprint density at radius 3 is 2.45 bits per heavy atom. The van der Waals surface area contributed by atoms with Gasteiger partial charge in [-0.15, -0.1) is 0 Å². The fourth-order valence-corrected chi connectivity index (χ4v) is 3.67. The maximum atomic E-state index is 12.8. The topological polar surface area (TPSA) is 75.7 Å². The number of alkyl halides is 5. The fraction of sp³-hybridized carbons (Fsp3) is 0.190. The normalized spacial score (nSPS) is 15.5. The number of carbonyl (C=O) groups is 3. The Morgan fingerprint density at radius 1 is 1.12 bits per heavy atom. The molecule has 12 heteroatoms. The van der Waals surface area contributed by atoms with Gasteiger partial charge in [0, 0.05) is 18.7 Å². The van der Waals surface area contributed by atoms with E-state index in [1.807, 2.05) is 0 Å². The molecule has 0 unspecified atom stereocenters. The first-order chi connectivity index (χ1) is 15.5. The van der Waals surface area contributed by atoms with E-state index in [-0.39, 0.29) is 29.3 Å². The highest BCUT2D eigenvalue weighted by atomic mass is 32.2. The Balaban J connectivity index is 1.58. The van der Waals surface area contributed by atoms with Gasteiger partial charge in [-0.25, -0.2) is 0 Å². The quantitative estimate of drug-likeness (QED) is 0.451. The van der Waals surface area contributed by atoms with Crippen molar-refractivity contribution in [2.24, 2.45) is 0 Å². The first kappa shape index (κ1) is 24.2. The van der Waals surface area contributed by atoms with E-state index in [0.29, 0.717) is 23.4 Å². The molecule has 0 spiro atoms. The van der Waals surface area contributed by atoms with Gasteiger partial charge in [-0.2, -0.15) is 22.0 Å². The molecule has 174 valence electrons. The van der Waals surface area contributed by atoms with Crippen LogP contribution in [0.3, 0.4) is 0 Å². The van der Waals surface area contributed by atoms with E-state index in [1.54, 1.807) is 0 Å². The van der Waals surface area contributed by atoms with Gasteiger partial charge in [-0.1, -0.05) is 18.2 Å². The predicted octanol–water partition coefficient (Wildman–Crippen LogP) is 4.77. The number of benzene rings is 2. The zero-order valence-electron chi connectivity index (χ0n) is 16.6. The van der Waals surface area contributed by atoms with E-state index >= 15 is 0 Å². The van der Waals surface area contributed by atoms with Gasteiger partial charge in [-0.05, 0) is 53.7 Å². The second-order valence-corrected chi connectivity index (χ2v) is 7.61. The van der Waals surface area contributed by atoms with Crippen LogP contribution in [0.25, 0.3) is 6.08 Å². The Bertz CT molecular complexity index is 1090. The van der Waals surface area contributed by atoms with Crippen molar-refractivity contribution < 1.29 is 41.1 Å². The maximum Gasteiger partial charge on any atom is 0.416 e. The van der Waals surface area contributed by atoms with Crippen molar-refractivity contribution in [3.05, 3.63) is 70.1 Å². The minimum absolute atomic E-state index is 0.0632. The second kappa shape index (κ2) is 10.0. The lowest BCUT2D eigenvalue weighted by molar-refractivity contribution is -0.137. The van der Waals surface area contributed by atoms with Crippen molar-refractivity contribution in [3.8, 4) is 5.75 Å². The highest BCUT2D eigenvalue weighted by Gasteiger charge is 2.35. The van der Waals surface area contributed by atoms with E-state index in [9.17, 15) is 36.3 Å². The van der Waals surface area contributed by atoms with Crippen molar-refractivity contribution in [2.45, 2.75) is 12.8 Å². The lowest BCUT2D eigenvalue weighted by Crippen LogP contribution is -2.37. The third kappa shape index (κ3) is 6.31. The monoisotopic (exact) mass is 486 g/mol. The maximum absolute atomic E-state index is 12.8. The Morgan fingerprint density at radius 2 is 1.82 bits per heavy atom. The molecule has 1 heterocycles. The number of rotatable bonds is 7. The van der Waals surface area contributed by atoms with Gasteiger partial charge < -0.3 is 10.1 Å². The Labute approximate surface area is 188 Å². The number of carbonyl (C=O) groups excluding carboxylic acids is 3. The van der Waals surface area contributed by atoms with Gasteiger partial charge >= 0.3 is 12.8 Å². The Hall–Kier alpha value is -3.41. The number of nitrogens with one attached hydrogen (secondary N) is 1. The van der Waals surface area contributed by atoms with Crippen LogP contribution in [0.4, 0.5) is 26.7 Å². The molecule has 0 aliphatic carbocycles. The molecule has 0 atom stereocenters. The van der Waals surface area contributed by atoms with E-state index in [4.69, 9.17) is 0 Å². The number of halogens is 5. The van der Waals surface area contributed by atoms with Crippen LogP contribution in [0.2, 0.25) is 0 Å². The minimum Gasteiger partial charge on any atom is -0.435 e. The molecule has 1 aliphatic rings. The average molecular weight is 486 g/mol. The molecular formula is C21H15F5N2O4S. The molecule has 3 amide bonds. The molecule has 3 rings (SSSR count). The number of nitrogens with zero attached hydrogens (tertiary/aromatic N) is 1. The molecule has 0 aromatic heterocycles. The van der Waals surface area contributed by atoms with E-state index < -0.39 is 35.4 Å². The van der Waals surface area contributed by atoms with Crippen LogP contribution in [0, 0.1) is 0 Å². The predicted molar refractivity (Wildman–Crippen MR) is 110 cm³/mol. The molecule has 0 radical (unpaired) electrons. The van der Waals surface area contributed by atoms with Crippen LogP contribution in [0.5, 0.6) is 5.75 Å². The molecular weight excluding hydrogens is 471 g/mol. The van der Waals surface area contributed by atoms with Crippen molar-refractivity contribution >= 4 is 34.9 Å². The largest absolute Gasteiger partial charge is 0.435 e. The lowest BCUT2D eigenvalue weighted by Gasteiger charge is -2.13. The SMILES string of the molecule is O=C(NCCN1C(=O)S/C(=C\c2ccc(OC(F)F)cc2)C1=O)c1cccc(C(F)(F)F)c1. The summed E-state index contributed by atoms with van der Waals surface area (Å²) in [7, 11) is 0. The summed E-state index contributed by atoms with van der Waals surface area (Å²) in [5.41, 5.74) is -0.710. The molecule has 6 nitrogen and oxygen atoms in total. The molecule has 2 aromatic carbocycles. The summed E-state index contributed by atoms with van der Waals surface area (Å²) in [6.07, 6.45) is -3.20. The summed E-state index contributed by atoms with van der Waals surface area (Å²) in [6.45, 7) is -3.32. The molecule has 1 N–H and O–H groups in total. The smallest absolute Gasteiger partial charge is 0.416 e. The summed E-state index contributed by atoms with van der Waals surface area (Å²) >= 11 is 0.661. The minimum atomic E-state index is -4.60. The molecule has 0 bridgehead atoms. The highest BCUT2D eigenvalue weighted by molar-refractivity contribution is 8.18. The number of imide groups is 1. The Kier molecular flexibility index (Phi) is 7.36.